The van der Waals surface area contributed by atoms with Gasteiger partial charge in [-0.2, -0.15) is 0 Å². The van der Waals surface area contributed by atoms with E-state index in [-0.39, 0.29) is 0 Å². The van der Waals surface area contributed by atoms with E-state index in [0.717, 1.165) is 0 Å². The SMILES string of the molecule is O=C(O)C1C=C2N=CC=CN2N1. The molecule has 0 aromatic heterocycles. The van der Waals surface area contributed by atoms with E-state index in [0.29, 0.717) is 5.82 Å². The Hall–Kier alpha value is -1.62. The van der Waals surface area contributed by atoms with Crippen molar-refractivity contribution in [3.05, 3.63) is 24.2 Å². The third-order valence-electron chi connectivity index (χ3n) is 1.63. The zero-order valence-corrected chi connectivity index (χ0v) is 6.14. The maximum Gasteiger partial charge on any atom is 0.326 e. The van der Waals surface area contributed by atoms with Crippen LogP contribution in [0.5, 0.6) is 0 Å². The standard InChI is InChI=1S/C7H7N3O2/c11-7(12)5-4-6-8-2-1-3-10(6)9-5/h1-5,9H,(H,11,12). The molecule has 1 unspecified atom stereocenters. The molecule has 2 rings (SSSR count). The number of hydrazine groups is 1. The van der Waals surface area contributed by atoms with Crippen LogP contribution in [0.1, 0.15) is 0 Å². The Morgan fingerprint density at radius 2 is 2.58 bits per heavy atom. The molecule has 0 saturated heterocycles. The van der Waals surface area contributed by atoms with E-state index >= 15 is 0 Å². The molecule has 0 fully saturated rings. The van der Waals surface area contributed by atoms with Crippen LogP contribution < -0.4 is 5.43 Å². The van der Waals surface area contributed by atoms with Crippen molar-refractivity contribution in [1.29, 1.82) is 0 Å². The number of hydrogen-bond acceptors (Lipinski definition) is 4. The second-order valence-electron chi connectivity index (χ2n) is 2.46. The lowest BCUT2D eigenvalue weighted by Crippen LogP contribution is -2.38. The predicted octanol–water partition coefficient (Wildman–Crippen LogP) is -0.301. The molecule has 62 valence electrons. The second-order valence-corrected chi connectivity index (χ2v) is 2.46. The first-order valence-corrected chi connectivity index (χ1v) is 3.48. The van der Waals surface area contributed by atoms with Crippen LogP contribution in [0.3, 0.4) is 0 Å². The number of carboxylic acid groups (broad SMARTS) is 1. The second kappa shape index (κ2) is 2.46. The molecule has 5 nitrogen and oxygen atoms in total. The predicted molar refractivity (Wildman–Crippen MR) is 42.1 cm³/mol. The van der Waals surface area contributed by atoms with Crippen LogP contribution in [0.4, 0.5) is 0 Å². The molecule has 12 heavy (non-hydrogen) atoms. The number of nitrogens with zero attached hydrogens (tertiary/aromatic N) is 2. The van der Waals surface area contributed by atoms with Crippen LogP contribution in [-0.4, -0.2) is 28.3 Å². The highest BCUT2D eigenvalue weighted by atomic mass is 16.4. The highest BCUT2D eigenvalue weighted by Crippen LogP contribution is 2.15. The molecular formula is C7H7N3O2. The van der Waals surface area contributed by atoms with E-state index in [1.807, 2.05) is 0 Å². The Kier molecular flexibility index (Phi) is 1.44. The Balaban J connectivity index is 2.23. The van der Waals surface area contributed by atoms with Crippen LogP contribution in [0, 0.1) is 0 Å². The van der Waals surface area contributed by atoms with E-state index in [2.05, 4.69) is 10.4 Å². The molecule has 0 bridgehead atoms. The molecule has 0 saturated carbocycles. The monoisotopic (exact) mass is 165 g/mol. The number of allylic oxidation sites excluding steroid dienone is 1. The van der Waals surface area contributed by atoms with Gasteiger partial charge in [0, 0.05) is 12.4 Å². The van der Waals surface area contributed by atoms with Gasteiger partial charge in [-0.1, -0.05) is 0 Å². The molecule has 0 aromatic carbocycles. The van der Waals surface area contributed by atoms with E-state index in [9.17, 15) is 4.79 Å². The van der Waals surface area contributed by atoms with Crippen molar-refractivity contribution in [3.8, 4) is 0 Å². The van der Waals surface area contributed by atoms with Gasteiger partial charge in [0.05, 0.1) is 0 Å². The summed E-state index contributed by atoms with van der Waals surface area (Å²) in [5.41, 5.74) is 2.73. The molecule has 0 radical (unpaired) electrons. The summed E-state index contributed by atoms with van der Waals surface area (Å²) in [6.07, 6.45) is 6.63. The van der Waals surface area contributed by atoms with Crippen molar-refractivity contribution in [2.75, 3.05) is 0 Å². The molecule has 5 heteroatoms. The van der Waals surface area contributed by atoms with Crippen LogP contribution in [0.15, 0.2) is 29.2 Å². The first kappa shape index (κ1) is 7.05. The van der Waals surface area contributed by atoms with Gasteiger partial charge in [-0.25, -0.2) is 10.4 Å². The van der Waals surface area contributed by atoms with Gasteiger partial charge in [0.25, 0.3) is 0 Å². The van der Waals surface area contributed by atoms with Gasteiger partial charge in [0.1, 0.15) is 11.9 Å². The molecule has 1 atom stereocenters. The summed E-state index contributed by atoms with van der Waals surface area (Å²) in [6.45, 7) is 0. The number of carboxylic acids is 1. The van der Waals surface area contributed by atoms with E-state index in [4.69, 9.17) is 5.11 Å². The van der Waals surface area contributed by atoms with Crippen molar-refractivity contribution in [3.63, 3.8) is 0 Å². The van der Waals surface area contributed by atoms with Gasteiger partial charge < -0.3 is 5.11 Å². The minimum Gasteiger partial charge on any atom is -0.480 e. The van der Waals surface area contributed by atoms with E-state index < -0.39 is 12.0 Å². The van der Waals surface area contributed by atoms with Crippen molar-refractivity contribution >= 4 is 12.2 Å². The zero-order valence-electron chi connectivity index (χ0n) is 6.14. The smallest absolute Gasteiger partial charge is 0.326 e. The summed E-state index contributed by atoms with van der Waals surface area (Å²) in [4.78, 5) is 14.5. The summed E-state index contributed by atoms with van der Waals surface area (Å²) in [5, 5.41) is 10.2. The van der Waals surface area contributed by atoms with Crippen molar-refractivity contribution in [2.45, 2.75) is 6.04 Å². The van der Waals surface area contributed by atoms with E-state index in [1.165, 1.54) is 0 Å². The minimum atomic E-state index is -0.902. The molecule has 0 amide bonds. The number of hydrogen-bond donors (Lipinski definition) is 2. The van der Waals surface area contributed by atoms with Gasteiger partial charge in [-0.3, -0.25) is 9.80 Å². The zero-order chi connectivity index (χ0) is 8.55. The van der Waals surface area contributed by atoms with Crippen molar-refractivity contribution in [1.82, 2.24) is 10.4 Å². The minimum absolute atomic E-state index is 0.630. The molecule has 0 spiro atoms. The maximum atomic E-state index is 10.5. The summed E-state index contributed by atoms with van der Waals surface area (Å²) in [7, 11) is 0. The van der Waals surface area contributed by atoms with Gasteiger partial charge in [0.2, 0.25) is 0 Å². The fraction of sp³-hybridized carbons (Fsp3) is 0.143. The molecular weight excluding hydrogens is 158 g/mol. The average molecular weight is 165 g/mol. The van der Waals surface area contributed by atoms with Crippen LogP contribution >= 0.6 is 0 Å². The van der Waals surface area contributed by atoms with Crippen molar-refractivity contribution < 1.29 is 9.90 Å². The lowest BCUT2D eigenvalue weighted by Gasteiger charge is -2.17. The molecule has 0 aliphatic carbocycles. The molecule has 2 aliphatic rings. The number of carbonyl (C=O) groups is 1. The Morgan fingerprint density at radius 1 is 1.75 bits per heavy atom. The maximum absolute atomic E-state index is 10.5. The highest BCUT2D eigenvalue weighted by molar-refractivity contribution is 5.78. The molecule has 2 heterocycles. The third kappa shape index (κ3) is 0.998. The van der Waals surface area contributed by atoms with Gasteiger partial charge in [-0.05, 0) is 12.2 Å². The number of rotatable bonds is 1. The van der Waals surface area contributed by atoms with Crippen LogP contribution in [-0.2, 0) is 4.79 Å². The summed E-state index contributed by atoms with van der Waals surface area (Å²) >= 11 is 0. The number of fused-ring (bicyclic) bond motifs is 1. The normalized spacial score (nSPS) is 25.5. The molecule has 2 N–H and O–H groups in total. The number of aliphatic imine (C=N–C) groups is 1. The Bertz CT molecular complexity index is 306. The first-order valence-electron chi connectivity index (χ1n) is 3.48. The quantitative estimate of drug-likeness (QED) is 0.559. The summed E-state index contributed by atoms with van der Waals surface area (Å²) < 4.78 is 0. The van der Waals surface area contributed by atoms with Gasteiger partial charge in [-0.15, -0.1) is 0 Å². The first-order chi connectivity index (χ1) is 5.77. The summed E-state index contributed by atoms with van der Waals surface area (Å²) in [5.74, 6) is -0.273. The largest absolute Gasteiger partial charge is 0.480 e. The summed E-state index contributed by atoms with van der Waals surface area (Å²) in [6, 6.07) is -0.667. The van der Waals surface area contributed by atoms with Crippen LogP contribution in [0.2, 0.25) is 0 Å². The van der Waals surface area contributed by atoms with Gasteiger partial charge in [0.15, 0.2) is 0 Å². The fourth-order valence-corrected chi connectivity index (χ4v) is 1.08. The Morgan fingerprint density at radius 3 is 3.25 bits per heavy atom. The lowest BCUT2D eigenvalue weighted by molar-refractivity contribution is -0.138. The van der Waals surface area contributed by atoms with E-state index in [1.54, 1.807) is 29.6 Å². The topological polar surface area (TPSA) is 64.9 Å². The van der Waals surface area contributed by atoms with Gasteiger partial charge >= 0.3 is 5.97 Å². The molecule has 0 aromatic rings. The van der Waals surface area contributed by atoms with Crippen molar-refractivity contribution in [2.24, 2.45) is 4.99 Å². The molecule has 2 aliphatic heterocycles. The fourth-order valence-electron chi connectivity index (χ4n) is 1.08. The number of aliphatic carboxylic acids is 1. The third-order valence-corrected chi connectivity index (χ3v) is 1.63. The lowest BCUT2D eigenvalue weighted by atomic mass is 10.3. The average Bonchev–Trinajstić information content (AvgIpc) is 2.46. The highest BCUT2D eigenvalue weighted by Gasteiger charge is 2.26. The Labute approximate surface area is 68.7 Å². The number of nitrogens with one attached hydrogen (secondary N) is 1. The van der Waals surface area contributed by atoms with Crippen LogP contribution in [0.25, 0.3) is 0 Å².